The topological polar surface area (TPSA) is 26.3 Å². The fourth-order valence-corrected chi connectivity index (χ4v) is 1.59. The van der Waals surface area contributed by atoms with Crippen molar-refractivity contribution >= 4 is 5.97 Å². The van der Waals surface area contributed by atoms with Crippen LogP contribution in [0.2, 0.25) is 0 Å². The molecule has 12 heavy (non-hydrogen) atoms. The Morgan fingerprint density at radius 1 is 1.58 bits per heavy atom. The molecule has 0 aromatic rings. The van der Waals surface area contributed by atoms with Gasteiger partial charge in [0.1, 0.15) is 0 Å². The third kappa shape index (κ3) is 1.52. The maximum atomic E-state index is 11.2. The van der Waals surface area contributed by atoms with Crippen molar-refractivity contribution in [3.63, 3.8) is 0 Å². The van der Waals surface area contributed by atoms with Crippen LogP contribution in [0.1, 0.15) is 20.8 Å². The van der Waals surface area contributed by atoms with E-state index in [2.05, 4.69) is 27.4 Å². The molecule has 0 bridgehead atoms. The average Bonchev–Trinajstić information content (AvgIpc) is 2.29. The van der Waals surface area contributed by atoms with Gasteiger partial charge in [0.15, 0.2) is 0 Å². The summed E-state index contributed by atoms with van der Waals surface area (Å²) in [4.78, 5) is 11.2. The molecule has 0 amide bonds. The highest BCUT2D eigenvalue weighted by Crippen LogP contribution is 2.37. The van der Waals surface area contributed by atoms with Gasteiger partial charge >= 0.3 is 5.97 Å². The van der Waals surface area contributed by atoms with Crippen molar-refractivity contribution in [3.8, 4) is 0 Å². The van der Waals surface area contributed by atoms with E-state index in [0.717, 1.165) is 0 Å². The molecule has 0 spiro atoms. The molecule has 0 saturated carbocycles. The van der Waals surface area contributed by atoms with Crippen molar-refractivity contribution in [1.29, 1.82) is 0 Å². The number of cyclic esters (lactones) is 1. The first-order valence-electron chi connectivity index (χ1n) is 4.26. The second kappa shape index (κ2) is 2.92. The summed E-state index contributed by atoms with van der Waals surface area (Å²) >= 11 is 0. The molecule has 1 heterocycles. The van der Waals surface area contributed by atoms with Crippen LogP contribution in [0.15, 0.2) is 12.7 Å². The summed E-state index contributed by atoms with van der Waals surface area (Å²) in [6, 6.07) is 0. The van der Waals surface area contributed by atoms with Crippen LogP contribution >= 0.6 is 0 Å². The minimum atomic E-state index is -0.120. The van der Waals surface area contributed by atoms with Crippen LogP contribution in [0.5, 0.6) is 0 Å². The van der Waals surface area contributed by atoms with Crippen molar-refractivity contribution in [2.45, 2.75) is 20.8 Å². The van der Waals surface area contributed by atoms with Crippen LogP contribution < -0.4 is 0 Å². The first kappa shape index (κ1) is 9.30. The standard InChI is InChI=1S/C10H16O2/c1-5-7-8(10(2,3)4)6-12-9(7)11/h5,7-8H,1,6H2,2-4H3/t7-,8-/m0/s1. The molecular formula is C10H16O2. The summed E-state index contributed by atoms with van der Waals surface area (Å²) in [6.45, 7) is 10.6. The van der Waals surface area contributed by atoms with E-state index in [1.165, 1.54) is 0 Å². The SMILES string of the molecule is C=C[C@@H]1C(=O)OC[C@@H]1C(C)(C)C. The highest BCUT2D eigenvalue weighted by Gasteiger charge is 2.41. The summed E-state index contributed by atoms with van der Waals surface area (Å²) < 4.78 is 4.99. The molecule has 1 aliphatic rings. The van der Waals surface area contributed by atoms with E-state index in [1.807, 2.05) is 0 Å². The summed E-state index contributed by atoms with van der Waals surface area (Å²) in [5, 5.41) is 0. The van der Waals surface area contributed by atoms with Crippen molar-refractivity contribution in [2.24, 2.45) is 17.3 Å². The molecule has 0 radical (unpaired) electrons. The second-order valence-electron chi connectivity index (χ2n) is 4.36. The lowest BCUT2D eigenvalue weighted by molar-refractivity contribution is -0.140. The molecule has 0 aromatic carbocycles. The van der Waals surface area contributed by atoms with Gasteiger partial charge in [0, 0.05) is 5.92 Å². The van der Waals surface area contributed by atoms with E-state index in [0.29, 0.717) is 6.61 Å². The Balaban J connectivity index is 2.80. The zero-order chi connectivity index (χ0) is 9.35. The lowest BCUT2D eigenvalue weighted by Gasteiger charge is -2.27. The zero-order valence-corrected chi connectivity index (χ0v) is 7.96. The van der Waals surface area contributed by atoms with Crippen LogP contribution in [0.4, 0.5) is 0 Å². The van der Waals surface area contributed by atoms with Gasteiger partial charge in [-0.2, -0.15) is 0 Å². The van der Waals surface area contributed by atoms with Crippen LogP contribution in [-0.2, 0) is 9.53 Å². The molecule has 1 saturated heterocycles. The Morgan fingerprint density at radius 3 is 2.50 bits per heavy atom. The summed E-state index contributed by atoms with van der Waals surface area (Å²) in [5.41, 5.74) is 0.116. The van der Waals surface area contributed by atoms with Gasteiger partial charge in [-0.15, -0.1) is 6.58 Å². The van der Waals surface area contributed by atoms with Crippen molar-refractivity contribution < 1.29 is 9.53 Å². The van der Waals surface area contributed by atoms with Crippen LogP contribution in [0.3, 0.4) is 0 Å². The van der Waals surface area contributed by atoms with Crippen LogP contribution in [0.25, 0.3) is 0 Å². The molecule has 0 aliphatic carbocycles. The summed E-state index contributed by atoms with van der Waals surface area (Å²) in [5.74, 6) is 0.0532. The highest BCUT2D eigenvalue weighted by atomic mass is 16.5. The number of carbonyl (C=O) groups excluding carboxylic acids is 1. The molecule has 1 fully saturated rings. The third-order valence-corrected chi connectivity index (χ3v) is 2.48. The molecule has 2 heteroatoms. The Kier molecular flexibility index (Phi) is 2.27. The maximum absolute atomic E-state index is 11.2. The molecule has 2 nitrogen and oxygen atoms in total. The fraction of sp³-hybridized carbons (Fsp3) is 0.700. The quantitative estimate of drug-likeness (QED) is 0.442. The van der Waals surface area contributed by atoms with Gasteiger partial charge in [-0.1, -0.05) is 26.8 Å². The van der Waals surface area contributed by atoms with Gasteiger partial charge in [0.2, 0.25) is 0 Å². The van der Waals surface area contributed by atoms with Crippen LogP contribution in [-0.4, -0.2) is 12.6 Å². The Labute approximate surface area is 73.6 Å². The lowest BCUT2D eigenvalue weighted by atomic mass is 9.75. The van der Waals surface area contributed by atoms with E-state index in [1.54, 1.807) is 6.08 Å². The van der Waals surface area contributed by atoms with Gasteiger partial charge in [-0.25, -0.2) is 0 Å². The first-order chi connectivity index (χ1) is 5.46. The fourth-order valence-electron chi connectivity index (χ4n) is 1.59. The number of carbonyl (C=O) groups is 1. The van der Waals surface area contributed by atoms with Gasteiger partial charge in [-0.3, -0.25) is 4.79 Å². The number of rotatable bonds is 1. The highest BCUT2D eigenvalue weighted by molar-refractivity contribution is 5.76. The van der Waals surface area contributed by atoms with E-state index < -0.39 is 0 Å². The largest absolute Gasteiger partial charge is 0.465 e. The number of hydrogen-bond donors (Lipinski definition) is 0. The smallest absolute Gasteiger partial charge is 0.313 e. The van der Waals surface area contributed by atoms with Crippen molar-refractivity contribution in [3.05, 3.63) is 12.7 Å². The van der Waals surface area contributed by atoms with Gasteiger partial charge < -0.3 is 4.74 Å². The molecule has 68 valence electrons. The van der Waals surface area contributed by atoms with Crippen LogP contribution in [0, 0.1) is 17.3 Å². The average molecular weight is 168 g/mol. The number of hydrogen-bond acceptors (Lipinski definition) is 2. The monoisotopic (exact) mass is 168 g/mol. The number of esters is 1. The Bertz CT molecular complexity index is 200. The molecule has 0 N–H and O–H groups in total. The third-order valence-electron chi connectivity index (χ3n) is 2.48. The molecule has 1 aliphatic heterocycles. The van der Waals surface area contributed by atoms with Gasteiger partial charge in [-0.05, 0) is 5.41 Å². The molecular weight excluding hydrogens is 152 g/mol. The second-order valence-corrected chi connectivity index (χ2v) is 4.36. The molecule has 0 aromatic heterocycles. The summed E-state index contributed by atoms with van der Waals surface area (Å²) in [6.07, 6.45) is 1.70. The van der Waals surface area contributed by atoms with Gasteiger partial charge in [0.25, 0.3) is 0 Å². The Hall–Kier alpha value is -0.790. The molecule has 0 unspecified atom stereocenters. The van der Waals surface area contributed by atoms with E-state index in [-0.39, 0.29) is 23.2 Å². The maximum Gasteiger partial charge on any atom is 0.313 e. The van der Waals surface area contributed by atoms with Gasteiger partial charge in [0.05, 0.1) is 12.5 Å². The van der Waals surface area contributed by atoms with Crippen molar-refractivity contribution in [2.75, 3.05) is 6.61 Å². The first-order valence-corrected chi connectivity index (χ1v) is 4.26. The zero-order valence-electron chi connectivity index (χ0n) is 7.96. The Morgan fingerprint density at radius 2 is 2.17 bits per heavy atom. The van der Waals surface area contributed by atoms with E-state index >= 15 is 0 Å². The normalized spacial score (nSPS) is 30.1. The van der Waals surface area contributed by atoms with Crippen molar-refractivity contribution in [1.82, 2.24) is 0 Å². The molecule has 2 atom stereocenters. The minimum absolute atomic E-state index is 0.106. The van der Waals surface area contributed by atoms with E-state index in [4.69, 9.17) is 4.74 Å². The number of ether oxygens (including phenoxy) is 1. The van der Waals surface area contributed by atoms with E-state index in [9.17, 15) is 4.79 Å². The summed E-state index contributed by atoms with van der Waals surface area (Å²) in [7, 11) is 0. The molecule has 1 rings (SSSR count). The predicted molar refractivity (Wildman–Crippen MR) is 47.6 cm³/mol. The lowest BCUT2D eigenvalue weighted by Crippen LogP contribution is -2.27. The minimum Gasteiger partial charge on any atom is -0.465 e. The predicted octanol–water partition coefficient (Wildman–Crippen LogP) is 2.01.